The number of nitrogens with zero attached hydrogens (tertiary/aromatic N) is 2. The third kappa shape index (κ3) is 9.55. The zero-order valence-corrected chi connectivity index (χ0v) is 26.5. The fraction of sp³-hybridized carbons (Fsp3) is 0.459. The molecule has 0 radical (unpaired) electrons. The van der Waals surface area contributed by atoms with Gasteiger partial charge in [0.2, 0.25) is 0 Å². The molecule has 2 fully saturated rings. The van der Waals surface area contributed by atoms with Crippen LogP contribution in [0.25, 0.3) is 0 Å². The van der Waals surface area contributed by atoms with Gasteiger partial charge in [0.25, 0.3) is 0 Å². The lowest BCUT2D eigenvalue weighted by Gasteiger charge is -2.35. The monoisotopic (exact) mass is 613 g/mol. The van der Waals surface area contributed by atoms with Crippen molar-refractivity contribution in [2.75, 3.05) is 43.1 Å². The Balaban J connectivity index is 1.21. The first kappa shape index (κ1) is 32.5. The lowest BCUT2D eigenvalue weighted by molar-refractivity contribution is -0.163. The van der Waals surface area contributed by atoms with Gasteiger partial charge >= 0.3 is 12.0 Å². The van der Waals surface area contributed by atoms with E-state index in [0.29, 0.717) is 26.2 Å². The van der Waals surface area contributed by atoms with Gasteiger partial charge in [-0.25, -0.2) is 9.59 Å². The summed E-state index contributed by atoms with van der Waals surface area (Å²) >= 11 is 0. The maximum atomic E-state index is 13.6. The molecular formula is C37H47N3O5. The lowest BCUT2D eigenvalue weighted by Crippen LogP contribution is -2.51. The van der Waals surface area contributed by atoms with Crippen LogP contribution < -0.4 is 10.2 Å². The Morgan fingerprint density at radius 2 is 1.42 bits per heavy atom. The van der Waals surface area contributed by atoms with Crippen LogP contribution in [0, 0.1) is 0 Å². The number of urea groups is 1. The molecule has 8 nitrogen and oxygen atoms in total. The highest BCUT2D eigenvalue weighted by Crippen LogP contribution is 2.28. The van der Waals surface area contributed by atoms with E-state index in [0.717, 1.165) is 54.7 Å². The number of amides is 2. The summed E-state index contributed by atoms with van der Waals surface area (Å²) in [7, 11) is 0. The number of carbonyl (C=O) groups excluding carboxylic acids is 2. The SMILES string of the molecule is CCc1cc(N2CCCCC2)ccc1NC(=O)N1CCCC[C@H]1C(=O)OC(COCc1ccccc1)COCc1ccccc1. The molecular weight excluding hydrogens is 566 g/mol. The second kappa shape index (κ2) is 17.0. The van der Waals surface area contributed by atoms with Crippen LogP contribution >= 0.6 is 0 Å². The molecule has 2 saturated heterocycles. The topological polar surface area (TPSA) is 80.3 Å². The molecule has 2 aliphatic rings. The Labute approximate surface area is 267 Å². The van der Waals surface area contributed by atoms with Gasteiger partial charge in [0, 0.05) is 31.0 Å². The van der Waals surface area contributed by atoms with Crippen molar-refractivity contribution in [3.63, 3.8) is 0 Å². The second-order valence-electron chi connectivity index (χ2n) is 11.9. The maximum Gasteiger partial charge on any atom is 0.329 e. The molecule has 8 heteroatoms. The molecule has 2 heterocycles. The number of benzene rings is 3. The summed E-state index contributed by atoms with van der Waals surface area (Å²) in [5.41, 5.74) is 5.17. The normalized spacial score (nSPS) is 16.9. The van der Waals surface area contributed by atoms with Crippen LogP contribution in [0.15, 0.2) is 78.9 Å². The van der Waals surface area contributed by atoms with E-state index in [2.05, 4.69) is 29.3 Å². The highest BCUT2D eigenvalue weighted by atomic mass is 16.6. The summed E-state index contributed by atoms with van der Waals surface area (Å²) in [4.78, 5) is 31.3. The highest BCUT2D eigenvalue weighted by Gasteiger charge is 2.35. The zero-order valence-electron chi connectivity index (χ0n) is 26.5. The number of anilines is 2. The van der Waals surface area contributed by atoms with Gasteiger partial charge in [0.1, 0.15) is 12.1 Å². The molecule has 3 aromatic rings. The maximum absolute atomic E-state index is 13.6. The largest absolute Gasteiger partial charge is 0.456 e. The minimum atomic E-state index is -0.665. The van der Waals surface area contributed by atoms with E-state index in [9.17, 15) is 9.59 Å². The molecule has 240 valence electrons. The molecule has 1 N–H and O–H groups in total. The third-order valence-electron chi connectivity index (χ3n) is 8.58. The summed E-state index contributed by atoms with van der Waals surface area (Å²) in [6.45, 7) is 5.94. The van der Waals surface area contributed by atoms with Gasteiger partial charge in [0.15, 0.2) is 0 Å². The Morgan fingerprint density at radius 1 is 0.800 bits per heavy atom. The number of aryl methyl sites for hydroxylation is 1. The quantitative estimate of drug-likeness (QED) is 0.210. The van der Waals surface area contributed by atoms with Crippen LogP contribution in [0.4, 0.5) is 16.2 Å². The third-order valence-corrected chi connectivity index (χ3v) is 8.58. The molecule has 0 aliphatic carbocycles. The van der Waals surface area contributed by atoms with E-state index in [4.69, 9.17) is 14.2 Å². The Bertz CT molecular complexity index is 1300. The predicted octanol–water partition coefficient (Wildman–Crippen LogP) is 6.97. The number of ether oxygens (including phenoxy) is 3. The molecule has 2 aliphatic heterocycles. The van der Waals surface area contributed by atoms with Crippen LogP contribution in [0.5, 0.6) is 0 Å². The van der Waals surface area contributed by atoms with Gasteiger partial charge < -0.3 is 29.3 Å². The average molecular weight is 614 g/mol. The predicted molar refractivity (Wildman–Crippen MR) is 177 cm³/mol. The number of hydrogen-bond acceptors (Lipinski definition) is 6. The van der Waals surface area contributed by atoms with E-state index < -0.39 is 18.1 Å². The fourth-order valence-corrected chi connectivity index (χ4v) is 6.07. The van der Waals surface area contributed by atoms with Crippen LogP contribution in [0.1, 0.15) is 62.1 Å². The average Bonchev–Trinajstić information content (AvgIpc) is 3.09. The minimum absolute atomic E-state index is 0.192. The van der Waals surface area contributed by atoms with Gasteiger partial charge in [-0.1, -0.05) is 67.6 Å². The standard InChI is InChI=1S/C37H47N3O5/c1-2-31-24-32(39-21-11-5-12-22-39)19-20-34(31)38-37(42)40-23-13-10-18-35(40)36(41)45-33(27-43-25-29-14-6-3-7-15-29)28-44-26-30-16-8-4-9-17-30/h3-4,6-9,14-17,19-20,24,33,35H,2,5,10-13,18,21-23,25-28H2,1H3,(H,38,42)/t35-/m0/s1. The minimum Gasteiger partial charge on any atom is -0.456 e. The van der Waals surface area contributed by atoms with Crippen LogP contribution in [0.2, 0.25) is 0 Å². The van der Waals surface area contributed by atoms with Crippen LogP contribution in [0.3, 0.4) is 0 Å². The molecule has 0 aromatic heterocycles. The van der Waals surface area contributed by atoms with E-state index in [1.165, 1.54) is 24.9 Å². The smallest absolute Gasteiger partial charge is 0.329 e. The van der Waals surface area contributed by atoms with Gasteiger partial charge in [-0.15, -0.1) is 0 Å². The molecule has 3 aromatic carbocycles. The first-order valence-electron chi connectivity index (χ1n) is 16.5. The van der Waals surface area contributed by atoms with E-state index in [1.807, 2.05) is 66.7 Å². The van der Waals surface area contributed by atoms with E-state index in [1.54, 1.807) is 4.90 Å². The Hall–Kier alpha value is -3.88. The summed E-state index contributed by atoms with van der Waals surface area (Å²) in [6, 6.07) is 25.1. The number of rotatable bonds is 13. The van der Waals surface area contributed by atoms with Gasteiger partial charge in [-0.05, 0) is 79.8 Å². The summed E-state index contributed by atoms with van der Waals surface area (Å²) < 4.78 is 17.9. The van der Waals surface area contributed by atoms with Gasteiger partial charge in [-0.3, -0.25) is 0 Å². The summed E-state index contributed by atoms with van der Waals surface area (Å²) in [6.07, 6.45) is 6.17. The molecule has 1 atom stereocenters. The van der Waals surface area contributed by atoms with E-state index >= 15 is 0 Å². The highest BCUT2D eigenvalue weighted by molar-refractivity contribution is 5.93. The summed E-state index contributed by atoms with van der Waals surface area (Å²) in [5, 5.41) is 3.12. The Morgan fingerprint density at radius 3 is 2.04 bits per heavy atom. The number of likely N-dealkylation sites (tertiary alicyclic amines) is 1. The van der Waals surface area contributed by atoms with Crippen molar-refractivity contribution in [3.05, 3.63) is 95.6 Å². The molecule has 5 rings (SSSR count). The van der Waals surface area contributed by atoms with Crippen molar-refractivity contribution in [2.45, 2.75) is 77.2 Å². The van der Waals surface area contributed by atoms with E-state index in [-0.39, 0.29) is 19.2 Å². The number of nitrogens with one attached hydrogen (secondary N) is 1. The van der Waals surface area contributed by atoms with Crippen molar-refractivity contribution in [1.29, 1.82) is 0 Å². The lowest BCUT2D eigenvalue weighted by atomic mass is 10.0. The molecule has 0 unspecified atom stereocenters. The molecule has 0 spiro atoms. The number of piperidine rings is 2. The number of hydrogen-bond donors (Lipinski definition) is 1. The second-order valence-corrected chi connectivity index (χ2v) is 11.9. The fourth-order valence-electron chi connectivity index (χ4n) is 6.07. The first-order chi connectivity index (χ1) is 22.1. The molecule has 2 amide bonds. The van der Waals surface area contributed by atoms with Crippen molar-refractivity contribution in [3.8, 4) is 0 Å². The van der Waals surface area contributed by atoms with Gasteiger partial charge in [-0.2, -0.15) is 0 Å². The summed E-state index contributed by atoms with van der Waals surface area (Å²) in [5.74, 6) is -0.419. The van der Waals surface area contributed by atoms with Crippen molar-refractivity contribution in [2.24, 2.45) is 0 Å². The van der Waals surface area contributed by atoms with Crippen LogP contribution in [-0.4, -0.2) is 61.9 Å². The molecule has 0 bridgehead atoms. The van der Waals surface area contributed by atoms with Crippen molar-refractivity contribution < 1.29 is 23.8 Å². The zero-order chi connectivity index (χ0) is 31.3. The number of esters is 1. The van der Waals surface area contributed by atoms with Gasteiger partial charge in [0.05, 0.1) is 26.4 Å². The molecule has 0 saturated carbocycles. The number of carbonyl (C=O) groups is 2. The first-order valence-corrected chi connectivity index (χ1v) is 16.5. The Kier molecular flexibility index (Phi) is 12.3. The van der Waals surface area contributed by atoms with Crippen molar-refractivity contribution in [1.82, 2.24) is 4.90 Å². The van der Waals surface area contributed by atoms with Crippen LogP contribution in [-0.2, 0) is 38.6 Å². The van der Waals surface area contributed by atoms with Crippen molar-refractivity contribution >= 4 is 23.4 Å². The molecule has 45 heavy (non-hydrogen) atoms.